The minimum Gasteiger partial charge on any atom is -0.383 e. The number of carbonyl (C=O) groups is 1. The lowest BCUT2D eigenvalue weighted by Crippen LogP contribution is -2.42. The van der Waals surface area contributed by atoms with Gasteiger partial charge in [0.05, 0.1) is 6.61 Å². The van der Waals surface area contributed by atoms with Gasteiger partial charge in [0.1, 0.15) is 0 Å². The molecule has 2 rings (SSSR count). The van der Waals surface area contributed by atoms with Crippen molar-refractivity contribution in [3.63, 3.8) is 0 Å². The first-order valence-electron chi connectivity index (χ1n) is 6.73. The highest BCUT2D eigenvalue weighted by Crippen LogP contribution is 2.10. The summed E-state index contributed by atoms with van der Waals surface area (Å²) in [7, 11) is 1.66. The van der Waals surface area contributed by atoms with Crippen LogP contribution in [0.4, 0.5) is 0 Å². The van der Waals surface area contributed by atoms with E-state index in [-0.39, 0.29) is 5.91 Å². The maximum absolute atomic E-state index is 12.5. The zero-order valence-electron chi connectivity index (χ0n) is 11.3. The fraction of sp³-hybridized carbons (Fsp3) is 0.571. The highest BCUT2D eigenvalue weighted by molar-refractivity contribution is 5.94. The molecule has 0 aromatic carbocycles. The van der Waals surface area contributed by atoms with Crippen LogP contribution >= 0.6 is 0 Å². The van der Waals surface area contributed by atoms with Crippen LogP contribution in [0.25, 0.3) is 0 Å². The van der Waals surface area contributed by atoms with E-state index in [1.165, 1.54) is 6.42 Å². The van der Waals surface area contributed by atoms with Crippen LogP contribution in [0.1, 0.15) is 23.2 Å². The number of nitrogens with zero attached hydrogens (tertiary/aromatic N) is 2. The summed E-state index contributed by atoms with van der Waals surface area (Å²) in [6.45, 7) is 2.97. The fourth-order valence-corrected chi connectivity index (χ4v) is 2.33. The molecule has 5 heteroatoms. The molecule has 0 radical (unpaired) electrons. The molecule has 0 spiro atoms. The second-order valence-corrected chi connectivity index (χ2v) is 4.77. The number of ether oxygens (including phenoxy) is 1. The normalized spacial score (nSPS) is 18.5. The molecule has 0 saturated carbocycles. The molecule has 1 amide bonds. The molecule has 19 heavy (non-hydrogen) atoms. The first-order chi connectivity index (χ1) is 9.31. The molecule has 1 N–H and O–H groups in total. The van der Waals surface area contributed by atoms with Crippen LogP contribution in [0, 0.1) is 0 Å². The maximum Gasteiger partial charge on any atom is 0.254 e. The molecule has 104 valence electrons. The predicted molar refractivity (Wildman–Crippen MR) is 73.0 cm³/mol. The zero-order valence-corrected chi connectivity index (χ0v) is 11.3. The van der Waals surface area contributed by atoms with Crippen molar-refractivity contribution in [2.24, 2.45) is 0 Å². The molecule has 1 aromatic rings. The number of hydrogen-bond acceptors (Lipinski definition) is 4. The van der Waals surface area contributed by atoms with Gasteiger partial charge in [0.25, 0.3) is 5.91 Å². The summed E-state index contributed by atoms with van der Waals surface area (Å²) in [4.78, 5) is 18.3. The van der Waals surface area contributed by atoms with E-state index >= 15 is 0 Å². The van der Waals surface area contributed by atoms with Gasteiger partial charge < -0.3 is 15.0 Å². The van der Waals surface area contributed by atoms with E-state index in [0.717, 1.165) is 19.5 Å². The summed E-state index contributed by atoms with van der Waals surface area (Å²) in [6.07, 6.45) is 5.62. The van der Waals surface area contributed by atoms with Crippen LogP contribution in [0.2, 0.25) is 0 Å². The van der Waals surface area contributed by atoms with Gasteiger partial charge in [-0.25, -0.2) is 0 Å². The Bertz CT molecular complexity index is 391. The third-order valence-electron chi connectivity index (χ3n) is 3.38. The summed E-state index contributed by atoms with van der Waals surface area (Å²) in [5.74, 6) is 0.0492. The first kappa shape index (κ1) is 14.0. The number of nitrogens with one attached hydrogen (secondary N) is 1. The van der Waals surface area contributed by atoms with Gasteiger partial charge in [-0.3, -0.25) is 9.78 Å². The standard InChI is InChI=1S/C14H21N3O2/c1-19-10-9-17(11-13-3-2-6-16-13)14(18)12-4-7-15-8-5-12/h4-5,7-8,13,16H,2-3,6,9-11H2,1H3. The number of rotatable bonds is 6. The third-order valence-corrected chi connectivity index (χ3v) is 3.38. The molecular weight excluding hydrogens is 242 g/mol. The Morgan fingerprint density at radius 1 is 1.53 bits per heavy atom. The summed E-state index contributed by atoms with van der Waals surface area (Å²) in [5.41, 5.74) is 0.684. The van der Waals surface area contributed by atoms with Crippen molar-refractivity contribution in [2.45, 2.75) is 18.9 Å². The topological polar surface area (TPSA) is 54.5 Å². The van der Waals surface area contributed by atoms with E-state index in [9.17, 15) is 4.79 Å². The molecule has 5 nitrogen and oxygen atoms in total. The predicted octanol–water partition coefficient (Wildman–Crippen LogP) is 0.922. The average Bonchev–Trinajstić information content (AvgIpc) is 2.96. The third kappa shape index (κ3) is 4.01. The number of hydrogen-bond donors (Lipinski definition) is 1. The summed E-state index contributed by atoms with van der Waals surface area (Å²) in [6, 6.07) is 3.91. The van der Waals surface area contributed by atoms with Gasteiger partial charge in [-0.05, 0) is 31.5 Å². The summed E-state index contributed by atoms with van der Waals surface area (Å²) in [5, 5.41) is 3.42. The fourth-order valence-electron chi connectivity index (χ4n) is 2.33. The van der Waals surface area contributed by atoms with Crippen LogP contribution in [0.15, 0.2) is 24.5 Å². The van der Waals surface area contributed by atoms with Gasteiger partial charge in [0, 0.05) is 44.2 Å². The lowest BCUT2D eigenvalue weighted by molar-refractivity contribution is 0.0679. The van der Waals surface area contributed by atoms with Gasteiger partial charge in [-0.15, -0.1) is 0 Å². The van der Waals surface area contributed by atoms with Crippen molar-refractivity contribution < 1.29 is 9.53 Å². The number of methoxy groups -OCH3 is 1. The minimum absolute atomic E-state index is 0.0492. The van der Waals surface area contributed by atoms with Gasteiger partial charge >= 0.3 is 0 Å². The van der Waals surface area contributed by atoms with Crippen LogP contribution in [0.3, 0.4) is 0 Å². The minimum atomic E-state index is 0.0492. The molecule has 1 atom stereocenters. The van der Waals surface area contributed by atoms with Crippen molar-refractivity contribution in [1.82, 2.24) is 15.2 Å². The zero-order chi connectivity index (χ0) is 13.5. The summed E-state index contributed by atoms with van der Waals surface area (Å²) >= 11 is 0. The van der Waals surface area contributed by atoms with Crippen LogP contribution in [0.5, 0.6) is 0 Å². The maximum atomic E-state index is 12.5. The monoisotopic (exact) mass is 263 g/mol. The van der Waals surface area contributed by atoms with Crippen molar-refractivity contribution in [1.29, 1.82) is 0 Å². The Morgan fingerprint density at radius 3 is 2.95 bits per heavy atom. The van der Waals surface area contributed by atoms with Gasteiger partial charge in [-0.2, -0.15) is 0 Å². The lowest BCUT2D eigenvalue weighted by atomic mass is 10.2. The lowest BCUT2D eigenvalue weighted by Gasteiger charge is -2.25. The van der Waals surface area contributed by atoms with Gasteiger partial charge in [0.15, 0.2) is 0 Å². The van der Waals surface area contributed by atoms with Crippen LogP contribution < -0.4 is 5.32 Å². The van der Waals surface area contributed by atoms with Crippen LogP contribution in [-0.4, -0.2) is 55.2 Å². The SMILES string of the molecule is COCCN(CC1CCCN1)C(=O)c1ccncc1. The van der Waals surface area contributed by atoms with Crippen molar-refractivity contribution in [2.75, 3.05) is 33.4 Å². The quantitative estimate of drug-likeness (QED) is 0.829. The molecule has 2 heterocycles. The highest BCUT2D eigenvalue weighted by atomic mass is 16.5. The number of carbonyl (C=O) groups excluding carboxylic acids is 1. The Morgan fingerprint density at radius 2 is 2.32 bits per heavy atom. The highest BCUT2D eigenvalue weighted by Gasteiger charge is 2.22. The van der Waals surface area contributed by atoms with E-state index in [1.54, 1.807) is 31.6 Å². The van der Waals surface area contributed by atoms with E-state index in [1.807, 2.05) is 4.90 Å². The van der Waals surface area contributed by atoms with Crippen molar-refractivity contribution in [3.8, 4) is 0 Å². The average molecular weight is 263 g/mol. The van der Waals surface area contributed by atoms with Gasteiger partial charge in [0.2, 0.25) is 0 Å². The number of aromatic nitrogens is 1. The number of amides is 1. The second kappa shape index (κ2) is 7.21. The molecular formula is C14H21N3O2. The van der Waals surface area contributed by atoms with Crippen LogP contribution in [-0.2, 0) is 4.74 Å². The molecule has 0 bridgehead atoms. The van der Waals surface area contributed by atoms with Crippen molar-refractivity contribution >= 4 is 5.91 Å². The smallest absolute Gasteiger partial charge is 0.254 e. The molecule has 1 unspecified atom stereocenters. The van der Waals surface area contributed by atoms with E-state index < -0.39 is 0 Å². The summed E-state index contributed by atoms with van der Waals surface area (Å²) < 4.78 is 5.10. The molecule has 1 aliphatic heterocycles. The second-order valence-electron chi connectivity index (χ2n) is 4.77. The Kier molecular flexibility index (Phi) is 5.30. The van der Waals surface area contributed by atoms with Gasteiger partial charge in [-0.1, -0.05) is 0 Å². The van der Waals surface area contributed by atoms with E-state index in [4.69, 9.17) is 4.74 Å². The Labute approximate surface area is 114 Å². The molecule has 1 aliphatic rings. The van der Waals surface area contributed by atoms with E-state index in [0.29, 0.717) is 24.8 Å². The largest absolute Gasteiger partial charge is 0.383 e. The molecule has 0 aliphatic carbocycles. The van der Waals surface area contributed by atoms with Crippen molar-refractivity contribution in [3.05, 3.63) is 30.1 Å². The Balaban J connectivity index is 2.01. The Hall–Kier alpha value is -1.46. The number of pyridine rings is 1. The molecule has 1 aromatic heterocycles. The van der Waals surface area contributed by atoms with E-state index in [2.05, 4.69) is 10.3 Å². The first-order valence-corrected chi connectivity index (χ1v) is 6.73. The molecule has 1 saturated heterocycles. The molecule has 1 fully saturated rings.